The first-order valence-corrected chi connectivity index (χ1v) is 7.43. The van der Waals surface area contributed by atoms with Gasteiger partial charge in [0.15, 0.2) is 0 Å². The van der Waals surface area contributed by atoms with Crippen molar-refractivity contribution in [3.8, 4) is 0 Å². The summed E-state index contributed by atoms with van der Waals surface area (Å²) in [5, 5.41) is 9.26. The average Bonchev–Trinajstić information content (AvgIpc) is 2.15. The number of aromatic nitrogens is 1. The first-order valence-electron chi connectivity index (χ1n) is 4.24. The molecule has 4 N–H and O–H groups in total. The van der Waals surface area contributed by atoms with E-state index in [1.807, 2.05) is 0 Å². The zero-order valence-corrected chi connectivity index (χ0v) is 9.99. The van der Waals surface area contributed by atoms with Gasteiger partial charge in [0.2, 0.25) is 5.44 Å². The average molecular weight is 283 g/mol. The topological polar surface area (TPSA) is 145 Å². The van der Waals surface area contributed by atoms with Crippen molar-refractivity contribution in [1.29, 1.82) is 0 Å². The smallest absolute Gasteiger partial charge is 0.338 e. The third-order valence-electron chi connectivity index (χ3n) is 1.93. The monoisotopic (exact) mass is 283 g/mol. The van der Waals surface area contributed by atoms with Crippen LogP contribution in [0, 0.1) is 0 Å². The second-order valence-corrected chi connectivity index (χ2v) is 6.44. The maximum atomic E-state index is 11.1. The van der Waals surface area contributed by atoms with E-state index in [1.165, 1.54) is 18.3 Å². The zero-order chi connectivity index (χ0) is 13.3. The molecule has 0 amide bonds. The molecule has 0 saturated heterocycles. The Hall–Kier alpha value is -0.830. The molecule has 1 aromatic heterocycles. The van der Waals surface area contributed by atoms with Gasteiger partial charge in [-0.05, 0) is 12.1 Å². The molecule has 0 aliphatic rings. The van der Waals surface area contributed by atoms with Gasteiger partial charge in [0.1, 0.15) is 5.66 Å². The molecule has 2 unspecified atom stereocenters. The second-order valence-electron chi connectivity index (χ2n) is 3.19. The van der Waals surface area contributed by atoms with E-state index in [1.54, 1.807) is 0 Å². The highest BCUT2D eigenvalue weighted by Gasteiger charge is 2.44. The van der Waals surface area contributed by atoms with Crippen LogP contribution in [0.15, 0.2) is 24.4 Å². The molecular formula is C7H10NO7PS. The molecule has 1 rings (SSSR count). The van der Waals surface area contributed by atoms with E-state index >= 15 is 0 Å². The Morgan fingerprint density at radius 2 is 1.88 bits per heavy atom. The summed E-state index contributed by atoms with van der Waals surface area (Å²) in [6, 6.07) is 3.94. The second kappa shape index (κ2) is 4.81. The van der Waals surface area contributed by atoms with Crippen LogP contribution in [0.2, 0.25) is 0 Å². The SMILES string of the molecule is O=P(O)(O)C(c1ccccn1)C(O)S(=O)(=O)O. The van der Waals surface area contributed by atoms with Crippen LogP contribution in [0.1, 0.15) is 11.4 Å². The largest absolute Gasteiger partial charge is 0.374 e. The normalized spacial score (nSPS) is 16.5. The van der Waals surface area contributed by atoms with Crippen molar-refractivity contribution in [2.45, 2.75) is 11.1 Å². The van der Waals surface area contributed by atoms with E-state index in [2.05, 4.69) is 4.98 Å². The summed E-state index contributed by atoms with van der Waals surface area (Å²) < 4.78 is 41.2. The van der Waals surface area contributed by atoms with Gasteiger partial charge in [0, 0.05) is 6.20 Å². The molecule has 17 heavy (non-hydrogen) atoms. The number of hydrogen-bond acceptors (Lipinski definition) is 5. The predicted octanol–water partition coefficient (Wildman–Crippen LogP) is -0.493. The van der Waals surface area contributed by atoms with E-state index in [0.717, 1.165) is 6.07 Å². The minimum atomic E-state index is -5.01. The summed E-state index contributed by atoms with van der Waals surface area (Å²) in [4.78, 5) is 21.6. The van der Waals surface area contributed by atoms with Crippen molar-refractivity contribution in [2.24, 2.45) is 0 Å². The summed E-state index contributed by atoms with van der Waals surface area (Å²) in [5.41, 5.74) is -5.09. The van der Waals surface area contributed by atoms with E-state index in [9.17, 15) is 18.1 Å². The van der Waals surface area contributed by atoms with Crippen molar-refractivity contribution in [3.05, 3.63) is 30.1 Å². The van der Waals surface area contributed by atoms with Crippen molar-refractivity contribution < 1.29 is 32.4 Å². The molecule has 0 aliphatic heterocycles. The number of nitrogens with zero attached hydrogens (tertiary/aromatic N) is 1. The maximum Gasteiger partial charge on any atom is 0.338 e. The fourth-order valence-corrected chi connectivity index (χ4v) is 3.43. The van der Waals surface area contributed by atoms with Gasteiger partial charge < -0.3 is 14.9 Å². The van der Waals surface area contributed by atoms with Gasteiger partial charge >= 0.3 is 7.60 Å². The van der Waals surface area contributed by atoms with Crippen LogP contribution in [-0.4, -0.2) is 38.3 Å². The van der Waals surface area contributed by atoms with Gasteiger partial charge in [-0.2, -0.15) is 8.42 Å². The molecule has 96 valence electrons. The van der Waals surface area contributed by atoms with Gasteiger partial charge in [0.25, 0.3) is 10.1 Å². The lowest BCUT2D eigenvalue weighted by molar-refractivity contribution is 0.210. The molecular weight excluding hydrogens is 273 g/mol. The summed E-state index contributed by atoms with van der Waals surface area (Å²) in [7, 11) is -10.0. The Morgan fingerprint density at radius 1 is 1.29 bits per heavy atom. The Morgan fingerprint density at radius 3 is 2.24 bits per heavy atom. The van der Waals surface area contributed by atoms with Crippen molar-refractivity contribution >= 4 is 17.7 Å². The molecule has 8 nitrogen and oxygen atoms in total. The minimum absolute atomic E-state index is 0.328. The summed E-state index contributed by atoms with van der Waals surface area (Å²) >= 11 is 0. The standard InChI is InChI=1S/C7H10NO7PS/c9-7(17(13,14)15)6(16(10,11)12)5-3-1-2-4-8-5/h1-4,6-7,9H,(H2,10,11,12)(H,13,14,15). The highest BCUT2D eigenvalue weighted by molar-refractivity contribution is 7.86. The molecule has 0 spiro atoms. The zero-order valence-electron chi connectivity index (χ0n) is 8.28. The molecule has 10 heteroatoms. The summed E-state index contributed by atoms with van der Waals surface area (Å²) in [6.45, 7) is 0. The highest BCUT2D eigenvalue weighted by Crippen LogP contribution is 2.53. The third-order valence-corrected chi connectivity index (χ3v) is 4.28. The van der Waals surface area contributed by atoms with Crippen LogP contribution >= 0.6 is 7.60 Å². The molecule has 0 bridgehead atoms. The number of hydrogen-bond donors (Lipinski definition) is 4. The van der Waals surface area contributed by atoms with Crippen LogP contribution < -0.4 is 0 Å². The van der Waals surface area contributed by atoms with E-state index in [-0.39, 0.29) is 5.69 Å². The fraction of sp³-hybridized carbons (Fsp3) is 0.286. The Bertz CT molecular complexity index is 524. The Kier molecular flexibility index (Phi) is 4.03. The van der Waals surface area contributed by atoms with Gasteiger partial charge in [-0.3, -0.25) is 14.1 Å². The first-order chi connectivity index (χ1) is 7.64. The van der Waals surface area contributed by atoms with Gasteiger partial charge in [-0.1, -0.05) is 6.07 Å². The number of pyridine rings is 1. The maximum absolute atomic E-state index is 11.1. The van der Waals surface area contributed by atoms with Crippen molar-refractivity contribution in [3.63, 3.8) is 0 Å². The molecule has 0 aliphatic carbocycles. The molecule has 1 heterocycles. The lowest BCUT2D eigenvalue weighted by Crippen LogP contribution is -2.28. The minimum Gasteiger partial charge on any atom is -0.374 e. The molecule has 0 radical (unpaired) electrons. The number of rotatable bonds is 4. The number of aliphatic hydroxyl groups is 1. The van der Waals surface area contributed by atoms with Crippen LogP contribution in [0.3, 0.4) is 0 Å². The Balaban J connectivity index is 3.30. The summed E-state index contributed by atoms with van der Waals surface area (Å²) in [6.07, 6.45) is 1.18. The van der Waals surface area contributed by atoms with Crippen LogP contribution in [-0.2, 0) is 14.7 Å². The highest BCUT2D eigenvalue weighted by atomic mass is 32.2. The molecule has 1 aromatic rings. The molecule has 0 saturated carbocycles. The van der Waals surface area contributed by atoms with Gasteiger partial charge in [-0.25, -0.2) is 0 Å². The van der Waals surface area contributed by atoms with Crippen molar-refractivity contribution in [2.75, 3.05) is 0 Å². The van der Waals surface area contributed by atoms with Crippen LogP contribution in [0.4, 0.5) is 0 Å². The predicted molar refractivity (Wildman–Crippen MR) is 56.6 cm³/mol. The third kappa shape index (κ3) is 3.56. The van der Waals surface area contributed by atoms with E-state index in [0.29, 0.717) is 0 Å². The number of aliphatic hydroxyl groups excluding tert-OH is 1. The van der Waals surface area contributed by atoms with Gasteiger partial charge in [0.05, 0.1) is 5.69 Å². The van der Waals surface area contributed by atoms with Gasteiger partial charge in [-0.15, -0.1) is 0 Å². The van der Waals surface area contributed by atoms with Crippen LogP contribution in [0.25, 0.3) is 0 Å². The molecule has 0 fully saturated rings. The summed E-state index contributed by atoms with van der Waals surface area (Å²) in [5.74, 6) is 0. The van der Waals surface area contributed by atoms with Crippen LogP contribution in [0.5, 0.6) is 0 Å². The Labute approximate surface area is 96.9 Å². The van der Waals surface area contributed by atoms with E-state index < -0.39 is 28.8 Å². The molecule has 2 atom stereocenters. The first kappa shape index (κ1) is 14.2. The lowest BCUT2D eigenvalue weighted by Gasteiger charge is -2.20. The van der Waals surface area contributed by atoms with E-state index in [4.69, 9.17) is 14.3 Å². The molecule has 0 aromatic carbocycles. The fourth-order valence-electron chi connectivity index (χ4n) is 1.20. The quantitative estimate of drug-likeness (QED) is 0.427. The lowest BCUT2D eigenvalue weighted by atomic mass is 10.3. The van der Waals surface area contributed by atoms with Crippen molar-refractivity contribution in [1.82, 2.24) is 4.98 Å².